The summed E-state index contributed by atoms with van der Waals surface area (Å²) in [7, 11) is 0. The van der Waals surface area contributed by atoms with E-state index in [1.165, 1.54) is 0 Å². The van der Waals surface area contributed by atoms with Gasteiger partial charge in [0.25, 0.3) is 0 Å². The number of halogens is 1. The van der Waals surface area contributed by atoms with Crippen LogP contribution in [0.1, 0.15) is 20.3 Å². The number of carbonyl (C=O) groups excluding carboxylic acids is 1. The van der Waals surface area contributed by atoms with Crippen molar-refractivity contribution >= 4 is 17.7 Å². The lowest BCUT2D eigenvalue weighted by Gasteiger charge is -2.08. The molecule has 1 aromatic rings. The number of carbonyl (C=O) groups is 1. The summed E-state index contributed by atoms with van der Waals surface area (Å²) in [6.07, 6.45) is 1.37. The maximum atomic E-state index is 13.4. The highest BCUT2D eigenvalue weighted by Crippen LogP contribution is 2.11. The van der Waals surface area contributed by atoms with Gasteiger partial charge in [-0.1, -0.05) is 0 Å². The average molecular weight is 255 g/mol. The summed E-state index contributed by atoms with van der Waals surface area (Å²) in [5, 5.41) is 8.32. The molecule has 1 heterocycles. The molecule has 0 radical (unpaired) electrons. The molecule has 1 amide bonds. The van der Waals surface area contributed by atoms with E-state index in [9.17, 15) is 9.18 Å². The third kappa shape index (κ3) is 4.52. The molecular weight excluding hydrogens is 237 g/mol. The van der Waals surface area contributed by atoms with Crippen molar-refractivity contribution in [2.24, 2.45) is 0 Å². The number of nitrogens with one attached hydrogen (secondary N) is 3. The minimum atomic E-state index is -0.535. The molecule has 0 fully saturated rings. The Hall–Kier alpha value is -1.92. The molecule has 3 N–H and O–H groups in total. The van der Waals surface area contributed by atoms with E-state index in [0.717, 1.165) is 6.20 Å². The molecule has 0 aliphatic carbocycles. The Morgan fingerprint density at radius 2 is 2.11 bits per heavy atom. The van der Waals surface area contributed by atoms with Gasteiger partial charge in [0.1, 0.15) is 0 Å². The minimum absolute atomic E-state index is 0.0774. The zero-order valence-electron chi connectivity index (χ0n) is 10.6. The van der Waals surface area contributed by atoms with Gasteiger partial charge in [-0.2, -0.15) is 4.98 Å². The van der Waals surface area contributed by atoms with Crippen LogP contribution in [-0.4, -0.2) is 35.5 Å². The maximum Gasteiger partial charge on any atom is 0.224 e. The first-order valence-electron chi connectivity index (χ1n) is 5.94. The van der Waals surface area contributed by atoms with Gasteiger partial charge >= 0.3 is 0 Å². The second kappa shape index (κ2) is 7.41. The van der Waals surface area contributed by atoms with E-state index in [4.69, 9.17) is 0 Å². The van der Waals surface area contributed by atoms with Crippen LogP contribution in [-0.2, 0) is 4.79 Å². The molecule has 1 aromatic heterocycles. The molecule has 1 rings (SSSR count). The highest BCUT2D eigenvalue weighted by molar-refractivity contribution is 5.76. The van der Waals surface area contributed by atoms with E-state index >= 15 is 0 Å². The Bertz CT molecular complexity index is 399. The Labute approximate surface area is 105 Å². The molecule has 7 heteroatoms. The van der Waals surface area contributed by atoms with Crippen molar-refractivity contribution in [2.75, 3.05) is 30.3 Å². The molecule has 6 nitrogen and oxygen atoms in total. The topological polar surface area (TPSA) is 78.9 Å². The number of nitrogens with zero attached hydrogens (tertiary/aromatic N) is 2. The molecular formula is C11H18FN5O. The van der Waals surface area contributed by atoms with Crippen LogP contribution in [0.5, 0.6) is 0 Å². The Morgan fingerprint density at radius 3 is 2.78 bits per heavy atom. The molecule has 0 spiro atoms. The molecule has 100 valence electrons. The fourth-order valence-corrected chi connectivity index (χ4v) is 1.31. The van der Waals surface area contributed by atoms with E-state index in [0.29, 0.717) is 25.6 Å². The summed E-state index contributed by atoms with van der Waals surface area (Å²) in [6.45, 7) is 5.31. The highest BCUT2D eigenvalue weighted by Gasteiger charge is 2.06. The van der Waals surface area contributed by atoms with Crippen molar-refractivity contribution < 1.29 is 9.18 Å². The Balaban J connectivity index is 2.50. The largest absolute Gasteiger partial charge is 0.367 e. The van der Waals surface area contributed by atoms with E-state index in [-0.39, 0.29) is 18.1 Å². The molecule has 0 aliphatic rings. The van der Waals surface area contributed by atoms with Gasteiger partial charge in [-0.25, -0.2) is 9.37 Å². The molecule has 0 unspecified atom stereocenters. The van der Waals surface area contributed by atoms with E-state index in [2.05, 4.69) is 25.9 Å². The third-order valence-corrected chi connectivity index (χ3v) is 2.10. The monoisotopic (exact) mass is 255 g/mol. The van der Waals surface area contributed by atoms with Crippen LogP contribution >= 0.6 is 0 Å². The fraction of sp³-hybridized carbons (Fsp3) is 0.545. The van der Waals surface area contributed by atoms with Crippen molar-refractivity contribution in [3.63, 3.8) is 0 Å². The van der Waals surface area contributed by atoms with Crippen LogP contribution in [0.4, 0.5) is 16.2 Å². The maximum absolute atomic E-state index is 13.4. The predicted octanol–water partition coefficient (Wildman–Crippen LogP) is 0.986. The lowest BCUT2D eigenvalue weighted by Crippen LogP contribution is -2.25. The van der Waals surface area contributed by atoms with Crippen molar-refractivity contribution in [3.8, 4) is 0 Å². The van der Waals surface area contributed by atoms with Crippen molar-refractivity contribution in [3.05, 3.63) is 12.0 Å². The first-order chi connectivity index (χ1) is 8.67. The van der Waals surface area contributed by atoms with Crippen LogP contribution in [0.15, 0.2) is 6.20 Å². The molecule has 18 heavy (non-hydrogen) atoms. The SMILES string of the molecule is CCNC(=O)CCNc1nc(NCC)ncc1F. The summed E-state index contributed by atoms with van der Waals surface area (Å²) in [5.74, 6) is -0.149. The molecule has 0 bridgehead atoms. The lowest BCUT2D eigenvalue weighted by molar-refractivity contribution is -0.120. The molecule has 0 atom stereocenters. The van der Waals surface area contributed by atoms with Crippen LogP contribution in [0.25, 0.3) is 0 Å². The van der Waals surface area contributed by atoms with Crippen LogP contribution in [0.2, 0.25) is 0 Å². The zero-order valence-corrected chi connectivity index (χ0v) is 10.6. The fourth-order valence-electron chi connectivity index (χ4n) is 1.31. The van der Waals surface area contributed by atoms with Crippen LogP contribution in [0, 0.1) is 5.82 Å². The zero-order chi connectivity index (χ0) is 13.4. The van der Waals surface area contributed by atoms with Crippen molar-refractivity contribution in [2.45, 2.75) is 20.3 Å². The van der Waals surface area contributed by atoms with Gasteiger partial charge in [0, 0.05) is 26.1 Å². The van der Waals surface area contributed by atoms with Gasteiger partial charge < -0.3 is 16.0 Å². The van der Waals surface area contributed by atoms with E-state index in [1.807, 2.05) is 13.8 Å². The number of hydrogen-bond donors (Lipinski definition) is 3. The number of hydrogen-bond acceptors (Lipinski definition) is 5. The average Bonchev–Trinajstić information content (AvgIpc) is 2.34. The molecule has 0 saturated carbocycles. The second-order valence-corrected chi connectivity index (χ2v) is 3.55. The van der Waals surface area contributed by atoms with Gasteiger partial charge in [0.2, 0.25) is 11.9 Å². The lowest BCUT2D eigenvalue weighted by atomic mass is 10.4. The Kier molecular flexibility index (Phi) is 5.83. The van der Waals surface area contributed by atoms with E-state index < -0.39 is 5.82 Å². The number of anilines is 2. The van der Waals surface area contributed by atoms with Gasteiger partial charge in [-0.3, -0.25) is 4.79 Å². The summed E-state index contributed by atoms with van der Waals surface area (Å²) in [5.41, 5.74) is 0. The first kappa shape index (κ1) is 14.1. The van der Waals surface area contributed by atoms with Crippen molar-refractivity contribution in [1.82, 2.24) is 15.3 Å². The quantitative estimate of drug-likeness (QED) is 0.677. The second-order valence-electron chi connectivity index (χ2n) is 3.55. The van der Waals surface area contributed by atoms with Gasteiger partial charge in [-0.15, -0.1) is 0 Å². The molecule has 0 aromatic carbocycles. The first-order valence-corrected chi connectivity index (χ1v) is 5.94. The van der Waals surface area contributed by atoms with Gasteiger partial charge in [0.05, 0.1) is 6.20 Å². The third-order valence-electron chi connectivity index (χ3n) is 2.10. The normalized spacial score (nSPS) is 9.94. The van der Waals surface area contributed by atoms with E-state index in [1.54, 1.807) is 0 Å². The van der Waals surface area contributed by atoms with Crippen LogP contribution < -0.4 is 16.0 Å². The number of rotatable bonds is 7. The molecule has 0 saturated heterocycles. The van der Waals surface area contributed by atoms with Gasteiger partial charge in [-0.05, 0) is 13.8 Å². The number of amides is 1. The summed E-state index contributed by atoms with van der Waals surface area (Å²) >= 11 is 0. The summed E-state index contributed by atoms with van der Waals surface area (Å²) in [4.78, 5) is 18.9. The summed E-state index contributed by atoms with van der Waals surface area (Å²) in [6, 6.07) is 0. The molecule has 0 aliphatic heterocycles. The minimum Gasteiger partial charge on any atom is -0.367 e. The van der Waals surface area contributed by atoms with Crippen LogP contribution in [0.3, 0.4) is 0 Å². The Morgan fingerprint density at radius 1 is 1.33 bits per heavy atom. The standard InChI is InChI=1S/C11H18FN5O/c1-3-13-9(18)5-6-15-10-8(12)7-16-11(17-10)14-4-2/h7H,3-6H2,1-2H3,(H,13,18)(H2,14,15,16,17). The predicted molar refractivity (Wildman–Crippen MR) is 67.9 cm³/mol. The van der Waals surface area contributed by atoms with Crippen molar-refractivity contribution in [1.29, 1.82) is 0 Å². The highest BCUT2D eigenvalue weighted by atomic mass is 19.1. The number of aromatic nitrogens is 2. The van der Waals surface area contributed by atoms with Gasteiger partial charge in [0.15, 0.2) is 11.6 Å². The smallest absolute Gasteiger partial charge is 0.224 e. The summed E-state index contributed by atoms with van der Waals surface area (Å²) < 4.78 is 13.4.